The molecule has 1 saturated heterocycles. The lowest BCUT2D eigenvalue weighted by molar-refractivity contribution is 0.0702. The number of hydrogen-bond acceptors (Lipinski definition) is 4. The van der Waals surface area contributed by atoms with Crippen LogP contribution < -0.4 is 0 Å². The molecule has 0 aliphatic carbocycles. The molecule has 146 valence electrons. The Balaban J connectivity index is 1.69. The van der Waals surface area contributed by atoms with E-state index in [1.165, 1.54) is 0 Å². The van der Waals surface area contributed by atoms with Gasteiger partial charge in [0, 0.05) is 49.8 Å². The smallest absolute Gasteiger partial charge is 0.255 e. The van der Waals surface area contributed by atoms with E-state index in [1.807, 2.05) is 31.0 Å². The van der Waals surface area contributed by atoms with E-state index in [0.29, 0.717) is 5.92 Å². The zero-order chi connectivity index (χ0) is 19.4. The number of aryl methyl sites for hydroxylation is 3. The second-order valence-electron chi connectivity index (χ2n) is 7.87. The maximum Gasteiger partial charge on any atom is 0.255 e. The summed E-state index contributed by atoms with van der Waals surface area (Å²) in [4.78, 5) is 26.2. The molecule has 0 aromatic carbocycles. The summed E-state index contributed by atoms with van der Waals surface area (Å²) in [7, 11) is 4.20. The van der Waals surface area contributed by atoms with E-state index in [0.717, 1.165) is 68.1 Å². The third kappa shape index (κ3) is 4.75. The number of carbonyl (C=O) groups is 1. The summed E-state index contributed by atoms with van der Waals surface area (Å²) in [6, 6.07) is 1.98. The molecule has 0 bridgehead atoms. The minimum Gasteiger partial charge on any atom is -0.338 e. The van der Waals surface area contributed by atoms with Crippen LogP contribution in [0.3, 0.4) is 0 Å². The van der Waals surface area contributed by atoms with E-state index in [2.05, 4.69) is 39.7 Å². The summed E-state index contributed by atoms with van der Waals surface area (Å²) < 4.78 is 2.26. The first kappa shape index (κ1) is 19.5. The van der Waals surface area contributed by atoms with Crippen molar-refractivity contribution in [3.05, 3.63) is 47.3 Å². The Labute approximate surface area is 162 Å². The largest absolute Gasteiger partial charge is 0.338 e. The van der Waals surface area contributed by atoms with Crippen LogP contribution in [-0.2, 0) is 6.54 Å². The zero-order valence-corrected chi connectivity index (χ0v) is 17.0. The van der Waals surface area contributed by atoms with Gasteiger partial charge in [0.1, 0.15) is 5.82 Å². The van der Waals surface area contributed by atoms with Gasteiger partial charge in [0.05, 0.1) is 5.56 Å². The van der Waals surface area contributed by atoms with Gasteiger partial charge >= 0.3 is 0 Å². The summed E-state index contributed by atoms with van der Waals surface area (Å²) in [5, 5.41) is 0. The normalized spacial score (nSPS) is 17.5. The van der Waals surface area contributed by atoms with Gasteiger partial charge in [0.2, 0.25) is 0 Å². The summed E-state index contributed by atoms with van der Waals surface area (Å²) >= 11 is 0. The van der Waals surface area contributed by atoms with Gasteiger partial charge in [-0.25, -0.2) is 4.98 Å². The highest BCUT2D eigenvalue weighted by Gasteiger charge is 2.28. The van der Waals surface area contributed by atoms with Crippen LogP contribution in [0.1, 0.15) is 52.6 Å². The molecule has 6 nitrogen and oxygen atoms in total. The maximum absolute atomic E-state index is 13.0. The monoisotopic (exact) mass is 369 g/mol. The van der Waals surface area contributed by atoms with Crippen molar-refractivity contribution in [1.82, 2.24) is 24.3 Å². The lowest BCUT2D eigenvalue weighted by atomic mass is 9.96. The summed E-state index contributed by atoms with van der Waals surface area (Å²) in [5.41, 5.74) is 2.66. The van der Waals surface area contributed by atoms with Crippen molar-refractivity contribution < 1.29 is 4.79 Å². The van der Waals surface area contributed by atoms with Crippen LogP contribution in [0.25, 0.3) is 0 Å². The molecular formula is C21H31N5O. The van der Waals surface area contributed by atoms with Crippen molar-refractivity contribution in [1.29, 1.82) is 0 Å². The molecule has 2 aromatic heterocycles. The topological polar surface area (TPSA) is 54.3 Å². The average Bonchev–Trinajstić information content (AvgIpc) is 3.09. The zero-order valence-electron chi connectivity index (χ0n) is 17.0. The Kier molecular flexibility index (Phi) is 6.26. The second kappa shape index (κ2) is 8.65. The first-order valence-corrected chi connectivity index (χ1v) is 9.84. The number of likely N-dealkylation sites (tertiary alicyclic amines) is 1. The van der Waals surface area contributed by atoms with E-state index in [9.17, 15) is 4.79 Å². The van der Waals surface area contributed by atoms with Crippen molar-refractivity contribution in [2.24, 2.45) is 0 Å². The summed E-state index contributed by atoms with van der Waals surface area (Å²) in [6.07, 6.45) is 8.87. The van der Waals surface area contributed by atoms with Crippen LogP contribution in [0.5, 0.6) is 0 Å². The number of imidazole rings is 1. The van der Waals surface area contributed by atoms with E-state index in [1.54, 1.807) is 6.20 Å². The highest BCUT2D eigenvalue weighted by Crippen LogP contribution is 2.27. The van der Waals surface area contributed by atoms with E-state index in [4.69, 9.17) is 0 Å². The van der Waals surface area contributed by atoms with Crippen LogP contribution in [0.2, 0.25) is 0 Å². The number of carbonyl (C=O) groups excluding carboxylic acids is 1. The molecule has 1 fully saturated rings. The molecule has 3 rings (SSSR count). The van der Waals surface area contributed by atoms with Gasteiger partial charge in [-0.15, -0.1) is 0 Å². The minimum atomic E-state index is 0.0930. The van der Waals surface area contributed by atoms with E-state index in [-0.39, 0.29) is 5.91 Å². The molecule has 6 heteroatoms. The molecular weight excluding hydrogens is 338 g/mol. The highest BCUT2D eigenvalue weighted by atomic mass is 16.2. The predicted molar refractivity (Wildman–Crippen MR) is 107 cm³/mol. The standard InChI is InChI=1S/C21H31N5O/c1-16-13-17(2)23-14-19(16)21(27)26-10-5-7-18(15-26)20-22-8-12-25(20)11-6-9-24(3)4/h8,12-14,18H,5-7,9-11,15H2,1-4H3/t18-/m0/s1. The number of pyridine rings is 1. The first-order valence-electron chi connectivity index (χ1n) is 9.84. The summed E-state index contributed by atoms with van der Waals surface area (Å²) in [6.45, 7) is 7.52. The van der Waals surface area contributed by atoms with Gasteiger partial charge in [-0.1, -0.05) is 0 Å². The van der Waals surface area contributed by atoms with Crippen molar-refractivity contribution in [2.45, 2.75) is 45.6 Å². The Morgan fingerprint density at radius 1 is 1.30 bits per heavy atom. The number of rotatable bonds is 6. The molecule has 1 atom stereocenters. The average molecular weight is 370 g/mol. The van der Waals surface area contributed by atoms with E-state index >= 15 is 0 Å². The summed E-state index contributed by atoms with van der Waals surface area (Å²) in [5.74, 6) is 1.51. The molecule has 0 N–H and O–H groups in total. The van der Waals surface area contributed by atoms with Gasteiger partial charge < -0.3 is 14.4 Å². The van der Waals surface area contributed by atoms with E-state index < -0.39 is 0 Å². The molecule has 2 aromatic rings. The Morgan fingerprint density at radius 2 is 2.11 bits per heavy atom. The lowest BCUT2D eigenvalue weighted by Gasteiger charge is -2.33. The highest BCUT2D eigenvalue weighted by molar-refractivity contribution is 5.95. The van der Waals surface area contributed by atoms with Gasteiger partial charge in [0.25, 0.3) is 5.91 Å². The fourth-order valence-electron chi connectivity index (χ4n) is 3.89. The van der Waals surface area contributed by atoms with Gasteiger partial charge in [0.15, 0.2) is 0 Å². The molecule has 0 saturated carbocycles. The third-order valence-corrected chi connectivity index (χ3v) is 5.30. The van der Waals surface area contributed by atoms with Gasteiger partial charge in [-0.05, 0) is 65.4 Å². The van der Waals surface area contributed by atoms with Crippen molar-refractivity contribution in [3.63, 3.8) is 0 Å². The van der Waals surface area contributed by atoms with Crippen LogP contribution in [0, 0.1) is 13.8 Å². The van der Waals surface area contributed by atoms with Crippen LogP contribution >= 0.6 is 0 Å². The molecule has 0 spiro atoms. The van der Waals surface area contributed by atoms with Crippen molar-refractivity contribution >= 4 is 5.91 Å². The van der Waals surface area contributed by atoms with Crippen molar-refractivity contribution in [3.8, 4) is 0 Å². The lowest BCUT2D eigenvalue weighted by Crippen LogP contribution is -2.40. The van der Waals surface area contributed by atoms with Crippen LogP contribution in [0.4, 0.5) is 0 Å². The SMILES string of the molecule is Cc1cc(C)c(C(=O)N2CCC[C@H](c3nccn3CCCN(C)C)C2)cn1. The quantitative estimate of drug-likeness (QED) is 0.786. The number of hydrogen-bond donors (Lipinski definition) is 0. The molecule has 1 aliphatic heterocycles. The number of piperidine rings is 1. The van der Waals surface area contributed by atoms with Crippen LogP contribution in [0.15, 0.2) is 24.7 Å². The molecule has 1 amide bonds. The maximum atomic E-state index is 13.0. The Hall–Kier alpha value is -2.21. The molecule has 3 heterocycles. The Bertz CT molecular complexity index is 783. The number of nitrogens with zero attached hydrogens (tertiary/aromatic N) is 5. The molecule has 0 unspecified atom stereocenters. The molecule has 27 heavy (non-hydrogen) atoms. The first-order chi connectivity index (χ1) is 13.0. The third-order valence-electron chi connectivity index (χ3n) is 5.30. The van der Waals surface area contributed by atoms with Crippen molar-refractivity contribution in [2.75, 3.05) is 33.7 Å². The molecule has 0 radical (unpaired) electrons. The minimum absolute atomic E-state index is 0.0930. The number of aromatic nitrogens is 3. The number of amides is 1. The second-order valence-corrected chi connectivity index (χ2v) is 7.87. The Morgan fingerprint density at radius 3 is 2.85 bits per heavy atom. The fraction of sp³-hybridized carbons (Fsp3) is 0.571. The van der Waals surface area contributed by atoms with Gasteiger partial charge in [-0.3, -0.25) is 9.78 Å². The molecule has 1 aliphatic rings. The van der Waals surface area contributed by atoms with Gasteiger partial charge in [-0.2, -0.15) is 0 Å². The fourth-order valence-corrected chi connectivity index (χ4v) is 3.89. The predicted octanol–water partition coefficient (Wildman–Crippen LogP) is 2.87. The van der Waals surface area contributed by atoms with Crippen LogP contribution in [-0.4, -0.2) is 64.0 Å².